The van der Waals surface area contributed by atoms with Gasteiger partial charge in [0.15, 0.2) is 0 Å². The number of hydrogen-bond acceptors (Lipinski definition) is 2. The van der Waals surface area contributed by atoms with Crippen LogP contribution in [0.2, 0.25) is 0 Å². The minimum absolute atomic E-state index is 0.196. The van der Waals surface area contributed by atoms with Gasteiger partial charge in [0.1, 0.15) is 11.9 Å². The molecule has 0 saturated carbocycles. The Hall–Kier alpha value is -1.02. The van der Waals surface area contributed by atoms with Crippen molar-refractivity contribution in [3.63, 3.8) is 0 Å². The topological polar surface area (TPSA) is 21.3 Å². The second-order valence-electron chi connectivity index (χ2n) is 5.06. The fourth-order valence-electron chi connectivity index (χ4n) is 2.09. The third kappa shape index (κ3) is 4.34. The van der Waals surface area contributed by atoms with E-state index in [9.17, 15) is 0 Å². The summed E-state index contributed by atoms with van der Waals surface area (Å²) in [6.07, 6.45) is 2.45. The summed E-state index contributed by atoms with van der Waals surface area (Å²) in [6.45, 7) is 11.8. The van der Waals surface area contributed by atoms with Crippen LogP contribution < -0.4 is 10.1 Å². The maximum atomic E-state index is 6.11. The lowest BCUT2D eigenvalue weighted by Gasteiger charge is -2.25. The van der Waals surface area contributed by atoms with Crippen molar-refractivity contribution in [2.75, 3.05) is 6.54 Å². The van der Waals surface area contributed by atoms with Crippen molar-refractivity contribution in [2.24, 2.45) is 0 Å². The molecule has 0 aliphatic carbocycles. The summed E-state index contributed by atoms with van der Waals surface area (Å²) in [5, 5.41) is 3.55. The van der Waals surface area contributed by atoms with E-state index in [0.29, 0.717) is 6.04 Å². The van der Waals surface area contributed by atoms with E-state index in [2.05, 4.69) is 58.1 Å². The zero-order chi connectivity index (χ0) is 13.5. The minimum Gasteiger partial charge on any atom is -0.489 e. The zero-order valence-electron chi connectivity index (χ0n) is 12.4. The molecule has 0 bridgehead atoms. The summed E-state index contributed by atoms with van der Waals surface area (Å²) in [4.78, 5) is 0. The number of nitrogens with one attached hydrogen (secondary N) is 1. The lowest BCUT2D eigenvalue weighted by molar-refractivity contribution is 0.166. The van der Waals surface area contributed by atoms with Gasteiger partial charge in [0.25, 0.3) is 0 Å². The first-order valence-electron chi connectivity index (χ1n) is 7.05. The van der Waals surface area contributed by atoms with Gasteiger partial charge in [-0.15, -0.1) is 0 Å². The molecule has 0 fully saturated rings. The highest BCUT2D eigenvalue weighted by Crippen LogP contribution is 2.21. The maximum absolute atomic E-state index is 6.11. The van der Waals surface area contributed by atoms with Crippen LogP contribution in [0.1, 0.15) is 44.7 Å². The summed E-state index contributed by atoms with van der Waals surface area (Å²) in [6, 6.07) is 6.79. The normalized spacial score (nSPS) is 14.3. The second kappa shape index (κ2) is 7.42. The Kier molecular flexibility index (Phi) is 6.20. The van der Waals surface area contributed by atoms with Crippen molar-refractivity contribution in [1.29, 1.82) is 0 Å². The molecule has 0 aromatic heterocycles. The Labute approximate surface area is 112 Å². The van der Waals surface area contributed by atoms with Crippen LogP contribution in [-0.2, 0) is 0 Å². The van der Waals surface area contributed by atoms with E-state index in [-0.39, 0.29) is 6.10 Å². The molecule has 0 heterocycles. The van der Waals surface area contributed by atoms with Crippen molar-refractivity contribution < 1.29 is 4.74 Å². The summed E-state index contributed by atoms with van der Waals surface area (Å²) >= 11 is 0. The molecule has 2 atom stereocenters. The molecular weight excluding hydrogens is 222 g/mol. The average molecular weight is 249 g/mol. The highest BCUT2D eigenvalue weighted by molar-refractivity contribution is 5.36. The molecule has 102 valence electrons. The van der Waals surface area contributed by atoms with E-state index < -0.39 is 0 Å². The predicted octanol–water partition coefficient (Wildman–Crippen LogP) is 3.85. The first-order valence-corrected chi connectivity index (χ1v) is 7.05. The van der Waals surface area contributed by atoms with E-state index in [4.69, 9.17) is 4.74 Å². The molecule has 1 aromatic rings. The van der Waals surface area contributed by atoms with Crippen LogP contribution in [0.5, 0.6) is 5.75 Å². The third-order valence-corrected chi connectivity index (χ3v) is 3.32. The van der Waals surface area contributed by atoms with Gasteiger partial charge < -0.3 is 10.1 Å². The second-order valence-corrected chi connectivity index (χ2v) is 5.06. The molecule has 1 aromatic carbocycles. The maximum Gasteiger partial charge on any atom is 0.122 e. The van der Waals surface area contributed by atoms with Gasteiger partial charge in [0, 0.05) is 6.04 Å². The molecular formula is C16H27NO. The summed E-state index contributed by atoms with van der Waals surface area (Å²) in [5.74, 6) is 1.01. The fourth-order valence-corrected chi connectivity index (χ4v) is 2.09. The van der Waals surface area contributed by atoms with E-state index in [1.807, 2.05) is 0 Å². The molecule has 0 radical (unpaired) electrons. The SMILES string of the molecule is CCCNC(CC)C(C)Oc1cc(C)ccc1C. The van der Waals surface area contributed by atoms with Gasteiger partial charge in [-0.3, -0.25) is 0 Å². The molecule has 1 N–H and O–H groups in total. The molecule has 2 heteroatoms. The van der Waals surface area contributed by atoms with Gasteiger partial charge in [-0.2, -0.15) is 0 Å². The molecule has 0 spiro atoms. The molecule has 1 rings (SSSR count). The van der Waals surface area contributed by atoms with Crippen molar-refractivity contribution in [1.82, 2.24) is 5.32 Å². The Morgan fingerprint density at radius 2 is 1.94 bits per heavy atom. The van der Waals surface area contributed by atoms with E-state index >= 15 is 0 Å². The number of rotatable bonds is 7. The first-order chi connectivity index (χ1) is 8.58. The number of benzene rings is 1. The van der Waals surface area contributed by atoms with Crippen LogP contribution in [0.3, 0.4) is 0 Å². The van der Waals surface area contributed by atoms with Crippen LogP contribution in [0.15, 0.2) is 18.2 Å². The van der Waals surface area contributed by atoms with Gasteiger partial charge in [-0.05, 0) is 57.4 Å². The Morgan fingerprint density at radius 1 is 1.22 bits per heavy atom. The molecule has 0 saturated heterocycles. The lowest BCUT2D eigenvalue weighted by Crippen LogP contribution is -2.41. The Bertz CT molecular complexity index is 362. The van der Waals surface area contributed by atoms with Crippen LogP contribution >= 0.6 is 0 Å². The largest absolute Gasteiger partial charge is 0.489 e. The van der Waals surface area contributed by atoms with Gasteiger partial charge in [0.2, 0.25) is 0 Å². The van der Waals surface area contributed by atoms with Crippen LogP contribution in [0.4, 0.5) is 0 Å². The van der Waals surface area contributed by atoms with Gasteiger partial charge >= 0.3 is 0 Å². The van der Waals surface area contributed by atoms with Gasteiger partial charge in [-0.1, -0.05) is 26.0 Å². The first kappa shape index (κ1) is 15.0. The van der Waals surface area contributed by atoms with E-state index in [1.165, 1.54) is 11.1 Å². The molecule has 2 nitrogen and oxygen atoms in total. The minimum atomic E-state index is 0.196. The Morgan fingerprint density at radius 3 is 2.56 bits per heavy atom. The van der Waals surface area contributed by atoms with Gasteiger partial charge in [-0.25, -0.2) is 0 Å². The Balaban J connectivity index is 2.66. The van der Waals surface area contributed by atoms with E-state index in [1.54, 1.807) is 0 Å². The van der Waals surface area contributed by atoms with Crippen molar-refractivity contribution in [3.05, 3.63) is 29.3 Å². The summed E-state index contributed by atoms with van der Waals surface area (Å²) in [5.41, 5.74) is 2.45. The van der Waals surface area contributed by atoms with Crippen molar-refractivity contribution >= 4 is 0 Å². The average Bonchev–Trinajstić information content (AvgIpc) is 2.35. The smallest absolute Gasteiger partial charge is 0.122 e. The number of hydrogen-bond donors (Lipinski definition) is 1. The molecule has 0 aliphatic heterocycles. The van der Waals surface area contributed by atoms with Gasteiger partial charge in [0.05, 0.1) is 0 Å². The zero-order valence-corrected chi connectivity index (χ0v) is 12.4. The standard InChI is InChI=1S/C16H27NO/c1-6-10-17-15(7-2)14(5)18-16-11-12(3)8-9-13(16)4/h8-9,11,14-15,17H,6-7,10H2,1-5H3. The van der Waals surface area contributed by atoms with E-state index in [0.717, 1.165) is 25.1 Å². The summed E-state index contributed by atoms with van der Waals surface area (Å²) in [7, 11) is 0. The van der Waals surface area contributed by atoms with Crippen LogP contribution in [0.25, 0.3) is 0 Å². The van der Waals surface area contributed by atoms with Crippen LogP contribution in [-0.4, -0.2) is 18.7 Å². The molecule has 2 unspecified atom stereocenters. The fraction of sp³-hybridized carbons (Fsp3) is 0.625. The number of ether oxygens (including phenoxy) is 1. The van der Waals surface area contributed by atoms with Crippen LogP contribution in [0, 0.1) is 13.8 Å². The highest BCUT2D eigenvalue weighted by atomic mass is 16.5. The predicted molar refractivity (Wildman–Crippen MR) is 78.4 cm³/mol. The quantitative estimate of drug-likeness (QED) is 0.792. The third-order valence-electron chi connectivity index (χ3n) is 3.32. The molecule has 0 aliphatic rings. The molecule has 18 heavy (non-hydrogen) atoms. The lowest BCUT2D eigenvalue weighted by atomic mass is 10.1. The van der Waals surface area contributed by atoms with Crippen molar-refractivity contribution in [2.45, 2.75) is 59.6 Å². The monoisotopic (exact) mass is 249 g/mol. The molecule has 0 amide bonds. The summed E-state index contributed by atoms with van der Waals surface area (Å²) < 4.78 is 6.11. The number of aryl methyl sites for hydroxylation is 2. The highest BCUT2D eigenvalue weighted by Gasteiger charge is 2.16. The van der Waals surface area contributed by atoms with Crippen molar-refractivity contribution in [3.8, 4) is 5.75 Å².